The molecule has 0 unspecified atom stereocenters. The number of nitriles is 1. The molecule has 1 aromatic carbocycles. The summed E-state index contributed by atoms with van der Waals surface area (Å²) in [5, 5.41) is 12.9. The number of carbonyl (C=O) groups is 1. The first-order valence-electron chi connectivity index (χ1n) is 13.1. The number of aromatic nitrogens is 1. The maximum atomic E-state index is 11.8. The summed E-state index contributed by atoms with van der Waals surface area (Å²) in [6.45, 7) is 8.36. The molecule has 0 spiro atoms. The summed E-state index contributed by atoms with van der Waals surface area (Å²) in [6.07, 6.45) is 9.25. The zero-order valence-electron chi connectivity index (χ0n) is 21.7. The molecule has 194 valence electrons. The number of hydrogen-bond acceptors (Lipinski definition) is 6. The second-order valence-corrected chi connectivity index (χ2v) is 13.9. The van der Waals surface area contributed by atoms with Crippen LogP contribution in [0.25, 0.3) is 10.4 Å². The molecule has 5 rings (SSSR count). The smallest absolute Gasteiger partial charge is 0.224 e. The van der Waals surface area contributed by atoms with Gasteiger partial charge in [0.05, 0.1) is 16.0 Å². The molecule has 1 aliphatic heterocycles. The Labute approximate surface area is 222 Å². The van der Waals surface area contributed by atoms with E-state index in [4.69, 9.17) is 5.26 Å². The molecular formula is C28H38N4O2S2. The van der Waals surface area contributed by atoms with Gasteiger partial charge < -0.3 is 10.2 Å². The largest absolute Gasteiger partial charge is 0.370 e. The van der Waals surface area contributed by atoms with E-state index in [1.807, 2.05) is 6.20 Å². The number of benzene rings is 1. The van der Waals surface area contributed by atoms with E-state index >= 15 is 0 Å². The van der Waals surface area contributed by atoms with Crippen LogP contribution in [0.3, 0.4) is 0 Å². The van der Waals surface area contributed by atoms with E-state index < -0.39 is 16.3 Å². The van der Waals surface area contributed by atoms with Crippen LogP contribution in [0.15, 0.2) is 30.5 Å². The minimum atomic E-state index is -0.623. The van der Waals surface area contributed by atoms with Crippen molar-refractivity contribution >= 4 is 33.7 Å². The number of carbonyl (C=O) groups excluding carboxylic acids is 1. The minimum Gasteiger partial charge on any atom is -0.370 e. The highest BCUT2D eigenvalue weighted by atomic mass is 32.2. The van der Waals surface area contributed by atoms with Gasteiger partial charge in [0.15, 0.2) is 0 Å². The lowest BCUT2D eigenvalue weighted by Crippen LogP contribution is -2.40. The van der Waals surface area contributed by atoms with Crippen LogP contribution in [0.5, 0.6) is 0 Å². The van der Waals surface area contributed by atoms with E-state index in [-0.39, 0.29) is 17.2 Å². The van der Waals surface area contributed by atoms with E-state index in [9.17, 15) is 9.00 Å². The van der Waals surface area contributed by atoms with Crippen LogP contribution >= 0.6 is 11.3 Å². The van der Waals surface area contributed by atoms with Crippen LogP contribution in [0.1, 0.15) is 70.7 Å². The quantitative estimate of drug-likeness (QED) is 0.575. The summed E-state index contributed by atoms with van der Waals surface area (Å²) < 4.78 is 11.4. The molecule has 36 heavy (non-hydrogen) atoms. The maximum Gasteiger partial charge on any atom is 0.224 e. The summed E-state index contributed by atoms with van der Waals surface area (Å²) >= 11 is 1.77. The van der Waals surface area contributed by atoms with E-state index in [1.165, 1.54) is 27.6 Å². The van der Waals surface area contributed by atoms with Gasteiger partial charge in [-0.3, -0.25) is 9.00 Å². The van der Waals surface area contributed by atoms with Crippen molar-refractivity contribution in [3.63, 3.8) is 0 Å². The molecule has 2 saturated carbocycles. The molecule has 6 nitrogen and oxygen atoms in total. The summed E-state index contributed by atoms with van der Waals surface area (Å²) in [5.41, 5.74) is 2.07. The number of nitrogens with one attached hydrogen (secondary N) is 1. The fourth-order valence-corrected chi connectivity index (χ4v) is 6.61. The molecule has 2 heterocycles. The van der Waals surface area contributed by atoms with Crippen LogP contribution in [0.2, 0.25) is 0 Å². The molecule has 1 aromatic heterocycles. The standard InChI is InChI=1S/C17H22N2OS2.C11H16N2O/c1-17(2,3)16-18-12-15(21-16)13-4-6-14(7-5-13)19-8-10-22(20)11-9-19;12-8-11(6-7-11)13-10(14)9-4-2-1-3-5-9/h4-7,12H,8-11H2,1-3H3;9H,1-7H2,(H,13,14). The lowest BCUT2D eigenvalue weighted by atomic mass is 9.88. The lowest BCUT2D eigenvalue weighted by Gasteiger charge is -2.28. The van der Waals surface area contributed by atoms with Crippen LogP contribution < -0.4 is 10.2 Å². The summed E-state index contributed by atoms with van der Waals surface area (Å²) in [4.78, 5) is 19.8. The van der Waals surface area contributed by atoms with E-state index in [0.29, 0.717) is 0 Å². The fraction of sp³-hybridized carbons (Fsp3) is 0.607. The number of nitrogens with zero attached hydrogens (tertiary/aromatic N) is 3. The lowest BCUT2D eigenvalue weighted by molar-refractivity contribution is -0.126. The number of hydrogen-bond donors (Lipinski definition) is 1. The predicted octanol–water partition coefficient (Wildman–Crippen LogP) is 5.42. The van der Waals surface area contributed by atoms with Crippen molar-refractivity contribution in [3.8, 4) is 16.5 Å². The second kappa shape index (κ2) is 11.4. The summed E-state index contributed by atoms with van der Waals surface area (Å²) in [5.74, 6) is 1.86. The Morgan fingerprint density at radius 3 is 2.31 bits per heavy atom. The van der Waals surface area contributed by atoms with Crippen LogP contribution in [-0.2, 0) is 21.0 Å². The highest BCUT2D eigenvalue weighted by Gasteiger charge is 2.45. The Balaban J connectivity index is 0.000000187. The minimum absolute atomic E-state index is 0.103. The van der Waals surface area contributed by atoms with Crippen LogP contribution in [0.4, 0.5) is 5.69 Å². The van der Waals surface area contributed by atoms with Gasteiger partial charge >= 0.3 is 0 Å². The van der Waals surface area contributed by atoms with Gasteiger partial charge in [-0.25, -0.2) is 4.98 Å². The number of thiazole rings is 1. The molecular weight excluding hydrogens is 488 g/mol. The van der Waals surface area contributed by atoms with Gasteiger partial charge in [-0.1, -0.05) is 52.2 Å². The van der Waals surface area contributed by atoms with Gasteiger partial charge in [-0.2, -0.15) is 5.26 Å². The first kappa shape index (κ1) is 26.8. The Hall–Kier alpha value is -2.24. The van der Waals surface area contributed by atoms with E-state index in [1.54, 1.807) is 11.3 Å². The summed E-state index contributed by atoms with van der Waals surface area (Å²) in [7, 11) is -0.623. The molecule has 0 atom stereocenters. The van der Waals surface area contributed by atoms with Crippen LogP contribution in [-0.4, -0.2) is 45.2 Å². The molecule has 1 N–H and O–H groups in total. The average Bonchev–Trinajstić information content (AvgIpc) is 3.46. The molecule has 1 saturated heterocycles. The van der Waals surface area contributed by atoms with Crippen molar-refractivity contribution in [2.24, 2.45) is 5.92 Å². The van der Waals surface area contributed by atoms with Gasteiger partial charge in [0.1, 0.15) is 5.54 Å². The van der Waals surface area contributed by atoms with Crippen molar-refractivity contribution in [2.75, 3.05) is 29.5 Å². The van der Waals surface area contributed by atoms with Crippen molar-refractivity contribution in [3.05, 3.63) is 35.5 Å². The first-order chi connectivity index (χ1) is 17.2. The highest BCUT2D eigenvalue weighted by molar-refractivity contribution is 7.85. The van der Waals surface area contributed by atoms with E-state index in [2.05, 4.69) is 66.3 Å². The Morgan fingerprint density at radius 1 is 1.14 bits per heavy atom. The third-order valence-electron chi connectivity index (χ3n) is 7.14. The molecule has 2 aliphatic carbocycles. The number of amides is 1. The van der Waals surface area contributed by atoms with Crippen molar-refractivity contribution < 1.29 is 9.00 Å². The maximum absolute atomic E-state index is 11.8. The van der Waals surface area contributed by atoms with Crippen LogP contribution in [0, 0.1) is 17.2 Å². The Kier molecular flexibility index (Phi) is 8.52. The molecule has 1 amide bonds. The fourth-order valence-electron chi connectivity index (χ4n) is 4.58. The average molecular weight is 527 g/mol. The normalized spacial score (nSPS) is 20.1. The monoisotopic (exact) mass is 526 g/mol. The molecule has 8 heteroatoms. The molecule has 0 bridgehead atoms. The molecule has 0 radical (unpaired) electrons. The number of anilines is 1. The van der Waals surface area contributed by atoms with Crippen molar-refractivity contribution in [2.45, 2.75) is 76.7 Å². The highest BCUT2D eigenvalue weighted by Crippen LogP contribution is 2.36. The Bertz CT molecular complexity index is 1090. The predicted molar refractivity (Wildman–Crippen MR) is 149 cm³/mol. The van der Waals surface area contributed by atoms with Gasteiger partial charge in [0.2, 0.25) is 5.91 Å². The van der Waals surface area contributed by atoms with E-state index in [0.717, 1.165) is 63.1 Å². The van der Waals surface area contributed by atoms with Gasteiger partial charge in [0.25, 0.3) is 0 Å². The Morgan fingerprint density at radius 2 is 1.78 bits per heavy atom. The van der Waals surface area contributed by atoms with Gasteiger partial charge in [0, 0.05) is 58.6 Å². The third kappa shape index (κ3) is 6.95. The van der Waals surface area contributed by atoms with Crippen molar-refractivity contribution in [1.82, 2.24) is 10.3 Å². The second-order valence-electron chi connectivity index (χ2n) is 11.2. The molecule has 3 fully saturated rings. The zero-order chi connectivity index (χ0) is 25.8. The zero-order valence-corrected chi connectivity index (χ0v) is 23.3. The summed E-state index contributed by atoms with van der Waals surface area (Å²) in [6, 6.07) is 10.9. The molecule has 2 aromatic rings. The van der Waals surface area contributed by atoms with Gasteiger partial charge in [-0.05, 0) is 43.4 Å². The number of rotatable bonds is 4. The first-order valence-corrected chi connectivity index (χ1v) is 15.4. The molecule has 3 aliphatic rings. The van der Waals surface area contributed by atoms with Gasteiger partial charge in [-0.15, -0.1) is 11.3 Å². The topological polar surface area (TPSA) is 86.1 Å². The van der Waals surface area contributed by atoms with Crippen molar-refractivity contribution in [1.29, 1.82) is 5.26 Å². The third-order valence-corrected chi connectivity index (χ3v) is 9.89. The SMILES string of the molecule is CC(C)(C)c1ncc(-c2ccc(N3CCS(=O)CC3)cc2)s1.N#CC1(NC(=O)C2CCCCC2)CC1.